The van der Waals surface area contributed by atoms with Gasteiger partial charge in [0.05, 0.1) is 0 Å². The van der Waals surface area contributed by atoms with E-state index in [0.717, 1.165) is 45.6 Å². The van der Waals surface area contributed by atoms with Crippen molar-refractivity contribution in [3.63, 3.8) is 0 Å². The molecule has 2 aromatic carbocycles. The Hall–Kier alpha value is -2.86. The van der Waals surface area contributed by atoms with Gasteiger partial charge in [0.25, 0.3) is 11.8 Å². The van der Waals surface area contributed by atoms with E-state index in [9.17, 15) is 9.59 Å². The van der Waals surface area contributed by atoms with E-state index in [2.05, 4.69) is 43.0 Å². The Morgan fingerprint density at radius 3 is 2.15 bits per heavy atom. The predicted molar refractivity (Wildman–Crippen MR) is 129 cm³/mol. The standard InChI is InChI=1S/C27H35N3O3/c1-21-7-6-8-22(2)30(21)26(31)20-33-25-13-11-24(12-14-25)27(32)29-17-15-28(16-18-29)19-23-9-4-3-5-10-23/h3-5,9-14,21-22H,6-8,15-20H2,1-2H3. The Bertz CT molecular complexity index is 913. The highest BCUT2D eigenvalue weighted by Gasteiger charge is 2.29. The summed E-state index contributed by atoms with van der Waals surface area (Å²) in [6.07, 6.45) is 3.27. The molecule has 2 aliphatic rings. The highest BCUT2D eigenvalue weighted by molar-refractivity contribution is 5.94. The van der Waals surface area contributed by atoms with Crippen LogP contribution in [0.25, 0.3) is 0 Å². The third-order valence-corrected chi connectivity index (χ3v) is 6.85. The summed E-state index contributed by atoms with van der Waals surface area (Å²) >= 11 is 0. The molecule has 0 aliphatic carbocycles. The Balaban J connectivity index is 1.25. The van der Waals surface area contributed by atoms with Crippen LogP contribution >= 0.6 is 0 Å². The van der Waals surface area contributed by atoms with E-state index in [-0.39, 0.29) is 30.5 Å². The van der Waals surface area contributed by atoms with Gasteiger partial charge in [-0.3, -0.25) is 14.5 Å². The zero-order valence-corrected chi connectivity index (χ0v) is 19.8. The molecule has 176 valence electrons. The maximum Gasteiger partial charge on any atom is 0.260 e. The third kappa shape index (κ3) is 5.93. The van der Waals surface area contributed by atoms with Gasteiger partial charge in [0.2, 0.25) is 0 Å². The fourth-order valence-corrected chi connectivity index (χ4v) is 4.96. The second kappa shape index (κ2) is 10.8. The van der Waals surface area contributed by atoms with Crippen LogP contribution in [-0.2, 0) is 11.3 Å². The third-order valence-electron chi connectivity index (χ3n) is 6.85. The van der Waals surface area contributed by atoms with E-state index >= 15 is 0 Å². The van der Waals surface area contributed by atoms with E-state index in [1.807, 2.05) is 15.9 Å². The van der Waals surface area contributed by atoms with Gasteiger partial charge in [-0.1, -0.05) is 30.3 Å². The molecule has 0 N–H and O–H groups in total. The molecule has 2 aromatic rings. The van der Waals surface area contributed by atoms with Gasteiger partial charge in [0.15, 0.2) is 6.61 Å². The average Bonchev–Trinajstić information content (AvgIpc) is 2.84. The fraction of sp³-hybridized carbons (Fsp3) is 0.481. The minimum Gasteiger partial charge on any atom is -0.484 e. The van der Waals surface area contributed by atoms with Crippen LogP contribution in [0.2, 0.25) is 0 Å². The van der Waals surface area contributed by atoms with Crippen LogP contribution in [0.1, 0.15) is 49.0 Å². The quantitative estimate of drug-likeness (QED) is 0.673. The molecular formula is C27H35N3O3. The first-order chi connectivity index (χ1) is 16.0. The molecule has 0 bridgehead atoms. The molecule has 0 radical (unpaired) electrons. The summed E-state index contributed by atoms with van der Waals surface area (Å²) in [6.45, 7) is 8.36. The summed E-state index contributed by atoms with van der Waals surface area (Å²) in [7, 11) is 0. The lowest BCUT2D eigenvalue weighted by Crippen LogP contribution is -2.49. The summed E-state index contributed by atoms with van der Waals surface area (Å²) in [5, 5.41) is 0. The molecule has 2 unspecified atom stereocenters. The highest BCUT2D eigenvalue weighted by atomic mass is 16.5. The van der Waals surface area contributed by atoms with Crippen molar-refractivity contribution in [1.29, 1.82) is 0 Å². The normalized spacial score (nSPS) is 21.6. The van der Waals surface area contributed by atoms with Crippen LogP contribution in [0, 0.1) is 0 Å². The van der Waals surface area contributed by atoms with Crippen molar-refractivity contribution >= 4 is 11.8 Å². The largest absolute Gasteiger partial charge is 0.484 e. The Kier molecular flexibility index (Phi) is 7.65. The molecule has 2 fully saturated rings. The second-order valence-corrected chi connectivity index (χ2v) is 9.30. The maximum absolute atomic E-state index is 12.9. The van der Waals surface area contributed by atoms with Gasteiger partial charge >= 0.3 is 0 Å². The SMILES string of the molecule is CC1CCCC(C)N1C(=O)COc1ccc(C(=O)N2CCN(Cc3ccccc3)CC2)cc1. The molecule has 2 atom stereocenters. The van der Waals surface area contributed by atoms with Crippen LogP contribution in [0.3, 0.4) is 0 Å². The molecule has 6 heteroatoms. The van der Waals surface area contributed by atoms with E-state index < -0.39 is 0 Å². The number of piperidine rings is 1. The Morgan fingerprint density at radius 1 is 0.879 bits per heavy atom. The zero-order valence-electron chi connectivity index (χ0n) is 19.8. The number of piperazine rings is 1. The van der Waals surface area contributed by atoms with Crippen LogP contribution in [0.15, 0.2) is 54.6 Å². The number of benzene rings is 2. The molecule has 0 spiro atoms. The Labute approximate surface area is 197 Å². The van der Waals surface area contributed by atoms with Crippen molar-refractivity contribution in [3.05, 3.63) is 65.7 Å². The lowest BCUT2D eigenvalue weighted by Gasteiger charge is -2.39. The summed E-state index contributed by atoms with van der Waals surface area (Å²) < 4.78 is 5.75. The molecule has 4 rings (SSSR count). The summed E-state index contributed by atoms with van der Waals surface area (Å²) in [5.41, 5.74) is 1.96. The van der Waals surface area contributed by atoms with Gasteiger partial charge in [0.1, 0.15) is 5.75 Å². The van der Waals surface area contributed by atoms with Gasteiger partial charge in [-0.05, 0) is 62.9 Å². The van der Waals surface area contributed by atoms with Gasteiger partial charge in [0, 0.05) is 50.4 Å². The van der Waals surface area contributed by atoms with E-state index in [4.69, 9.17) is 4.74 Å². The van der Waals surface area contributed by atoms with Crippen molar-refractivity contribution in [2.75, 3.05) is 32.8 Å². The number of hydrogen-bond acceptors (Lipinski definition) is 4. The lowest BCUT2D eigenvalue weighted by molar-refractivity contribution is -0.139. The van der Waals surface area contributed by atoms with Gasteiger partial charge in [-0.15, -0.1) is 0 Å². The minimum atomic E-state index is 0.0308. The van der Waals surface area contributed by atoms with E-state index in [1.54, 1.807) is 24.3 Å². The number of hydrogen-bond donors (Lipinski definition) is 0. The number of carbonyl (C=O) groups is 2. The number of carbonyl (C=O) groups excluding carboxylic acids is 2. The molecular weight excluding hydrogens is 414 g/mol. The molecule has 2 heterocycles. The lowest BCUT2D eigenvalue weighted by atomic mass is 9.97. The van der Waals surface area contributed by atoms with E-state index in [1.165, 1.54) is 12.0 Å². The summed E-state index contributed by atoms with van der Waals surface area (Å²) in [6, 6.07) is 18.1. The zero-order chi connectivity index (χ0) is 23.2. The molecule has 0 aromatic heterocycles. The summed E-state index contributed by atoms with van der Waals surface area (Å²) in [4.78, 5) is 31.8. The first-order valence-corrected chi connectivity index (χ1v) is 12.1. The predicted octanol–water partition coefficient (Wildman–Crippen LogP) is 3.81. The molecule has 2 aliphatic heterocycles. The number of nitrogens with zero attached hydrogens (tertiary/aromatic N) is 3. The van der Waals surface area contributed by atoms with Gasteiger partial charge in [-0.2, -0.15) is 0 Å². The fourth-order valence-electron chi connectivity index (χ4n) is 4.96. The molecule has 33 heavy (non-hydrogen) atoms. The monoisotopic (exact) mass is 449 g/mol. The summed E-state index contributed by atoms with van der Waals surface area (Å²) in [5.74, 6) is 0.695. The van der Waals surface area contributed by atoms with Crippen LogP contribution in [0.4, 0.5) is 0 Å². The topological polar surface area (TPSA) is 53.1 Å². The second-order valence-electron chi connectivity index (χ2n) is 9.30. The van der Waals surface area contributed by atoms with Crippen LogP contribution < -0.4 is 4.74 Å². The number of rotatable bonds is 6. The van der Waals surface area contributed by atoms with Crippen molar-refractivity contribution < 1.29 is 14.3 Å². The van der Waals surface area contributed by atoms with Gasteiger partial charge in [-0.25, -0.2) is 0 Å². The van der Waals surface area contributed by atoms with Crippen molar-refractivity contribution in [2.24, 2.45) is 0 Å². The average molecular weight is 450 g/mol. The highest BCUT2D eigenvalue weighted by Crippen LogP contribution is 2.23. The number of likely N-dealkylation sites (tertiary alicyclic amines) is 1. The van der Waals surface area contributed by atoms with Gasteiger partial charge < -0.3 is 14.5 Å². The van der Waals surface area contributed by atoms with Crippen LogP contribution in [-0.4, -0.2) is 71.4 Å². The number of amides is 2. The first-order valence-electron chi connectivity index (χ1n) is 12.1. The molecule has 0 saturated carbocycles. The first kappa shape index (κ1) is 23.3. The molecule has 2 amide bonds. The molecule has 6 nitrogen and oxygen atoms in total. The maximum atomic E-state index is 12.9. The number of ether oxygens (including phenoxy) is 1. The van der Waals surface area contributed by atoms with Crippen molar-refractivity contribution in [1.82, 2.24) is 14.7 Å². The molecule has 2 saturated heterocycles. The minimum absolute atomic E-state index is 0.0308. The van der Waals surface area contributed by atoms with Crippen molar-refractivity contribution in [2.45, 2.75) is 51.7 Å². The van der Waals surface area contributed by atoms with Crippen LogP contribution in [0.5, 0.6) is 5.75 Å². The smallest absolute Gasteiger partial charge is 0.260 e. The van der Waals surface area contributed by atoms with Crippen molar-refractivity contribution in [3.8, 4) is 5.75 Å². The Morgan fingerprint density at radius 2 is 1.52 bits per heavy atom. The van der Waals surface area contributed by atoms with E-state index in [0.29, 0.717) is 11.3 Å².